The van der Waals surface area contributed by atoms with E-state index in [0.29, 0.717) is 42.5 Å². The molecule has 184 valence electrons. The predicted molar refractivity (Wildman–Crippen MR) is 120 cm³/mol. The van der Waals surface area contributed by atoms with Gasteiger partial charge in [0.15, 0.2) is 5.88 Å². The Morgan fingerprint density at radius 2 is 1.80 bits per heavy atom. The maximum Gasteiger partial charge on any atom is 0.573 e. The molecule has 1 aliphatic heterocycles. The van der Waals surface area contributed by atoms with E-state index < -0.39 is 6.36 Å². The molecular formula is C24H23F3N4O4. The number of hydrogen-bond donors (Lipinski definition) is 1. The maximum absolute atomic E-state index is 12.4. The second-order valence-corrected chi connectivity index (χ2v) is 8.42. The molecule has 0 spiro atoms. The lowest BCUT2D eigenvalue weighted by Gasteiger charge is -2.24. The van der Waals surface area contributed by atoms with Crippen LogP contribution in [0.3, 0.4) is 0 Å². The fourth-order valence-corrected chi connectivity index (χ4v) is 4.22. The van der Waals surface area contributed by atoms with Gasteiger partial charge in [-0.3, -0.25) is 4.90 Å². The van der Waals surface area contributed by atoms with Gasteiger partial charge in [0.25, 0.3) is 0 Å². The maximum atomic E-state index is 12.4. The largest absolute Gasteiger partial charge is 0.573 e. The number of aryl methyl sites for hydroxylation is 1. The molecule has 5 rings (SSSR count). The number of benzene rings is 2. The first-order valence-electron chi connectivity index (χ1n) is 11.1. The minimum Gasteiger partial charge on any atom is -0.494 e. The zero-order valence-electron chi connectivity index (χ0n) is 18.9. The highest BCUT2D eigenvalue weighted by Crippen LogP contribution is 2.35. The zero-order valence-corrected chi connectivity index (χ0v) is 18.9. The van der Waals surface area contributed by atoms with Crippen LogP contribution in [-0.2, 0) is 17.8 Å². The quantitative estimate of drug-likeness (QED) is 0.428. The van der Waals surface area contributed by atoms with Crippen molar-refractivity contribution in [3.05, 3.63) is 59.6 Å². The Bertz CT molecular complexity index is 1330. The minimum absolute atomic E-state index is 0.0678. The molecule has 0 radical (unpaired) electrons. The van der Waals surface area contributed by atoms with E-state index in [-0.39, 0.29) is 18.2 Å². The fraction of sp³-hybridized carbons (Fsp3) is 0.333. The lowest BCUT2D eigenvalue weighted by atomic mass is 10.1. The number of aromatic nitrogens is 3. The van der Waals surface area contributed by atoms with E-state index in [0.717, 1.165) is 29.6 Å². The Kier molecular flexibility index (Phi) is 6.12. The third kappa shape index (κ3) is 5.25. The Balaban J connectivity index is 1.36. The van der Waals surface area contributed by atoms with Gasteiger partial charge in [-0.05, 0) is 42.3 Å². The van der Waals surface area contributed by atoms with Gasteiger partial charge in [0.05, 0.1) is 26.3 Å². The first-order valence-corrected chi connectivity index (χ1v) is 11.1. The number of fused-ring (bicyclic) bond motifs is 1. The van der Waals surface area contributed by atoms with E-state index in [1.54, 1.807) is 10.8 Å². The summed E-state index contributed by atoms with van der Waals surface area (Å²) < 4.78 is 53.9. The predicted octanol–water partition coefficient (Wildman–Crippen LogP) is 4.48. The van der Waals surface area contributed by atoms with Crippen LogP contribution >= 0.6 is 0 Å². The molecule has 0 bridgehead atoms. The lowest BCUT2D eigenvalue weighted by Crippen LogP contribution is -2.35. The summed E-state index contributed by atoms with van der Waals surface area (Å²) in [6.45, 7) is 5.70. The zero-order chi connectivity index (χ0) is 24.6. The van der Waals surface area contributed by atoms with Crippen LogP contribution in [-0.4, -0.2) is 57.4 Å². The summed E-state index contributed by atoms with van der Waals surface area (Å²) >= 11 is 0. The van der Waals surface area contributed by atoms with Gasteiger partial charge < -0.3 is 23.6 Å². The summed E-state index contributed by atoms with van der Waals surface area (Å²) in [5, 5.41) is 20.6. The molecule has 4 aromatic rings. The van der Waals surface area contributed by atoms with Gasteiger partial charge in [0.1, 0.15) is 5.75 Å². The Labute approximate surface area is 198 Å². The Hall–Kier alpha value is -3.57. The minimum atomic E-state index is -4.74. The van der Waals surface area contributed by atoms with Gasteiger partial charge in [-0.1, -0.05) is 12.1 Å². The number of hydrogen-bond acceptors (Lipinski definition) is 7. The Morgan fingerprint density at radius 1 is 1.06 bits per heavy atom. The van der Waals surface area contributed by atoms with Gasteiger partial charge in [-0.2, -0.15) is 0 Å². The average Bonchev–Trinajstić information content (AvgIpc) is 3.39. The van der Waals surface area contributed by atoms with Crippen LogP contribution in [0.2, 0.25) is 0 Å². The summed E-state index contributed by atoms with van der Waals surface area (Å²) in [5.41, 5.74) is 2.27. The molecule has 0 amide bonds. The summed E-state index contributed by atoms with van der Waals surface area (Å²) in [6, 6.07) is 9.29. The van der Waals surface area contributed by atoms with Crippen molar-refractivity contribution in [1.82, 2.24) is 19.7 Å². The fourth-order valence-electron chi connectivity index (χ4n) is 4.22. The van der Waals surface area contributed by atoms with Crippen LogP contribution < -0.4 is 4.74 Å². The van der Waals surface area contributed by atoms with Crippen molar-refractivity contribution in [3.63, 3.8) is 0 Å². The van der Waals surface area contributed by atoms with Crippen molar-refractivity contribution >= 4 is 10.8 Å². The molecule has 0 atom stereocenters. The smallest absolute Gasteiger partial charge is 0.494 e. The van der Waals surface area contributed by atoms with Crippen molar-refractivity contribution < 1.29 is 32.2 Å². The SMILES string of the molecule is Cc1cc(-c2nnc(CN3CCOCC3)o2)cc2cn(Cc3ccc(OC(F)(F)F)cc3)c(O)c12. The van der Waals surface area contributed by atoms with E-state index in [9.17, 15) is 18.3 Å². The van der Waals surface area contributed by atoms with E-state index in [4.69, 9.17) is 9.15 Å². The molecule has 0 aliphatic carbocycles. The summed E-state index contributed by atoms with van der Waals surface area (Å²) in [5.74, 6) is 0.693. The van der Waals surface area contributed by atoms with Crippen molar-refractivity contribution in [2.75, 3.05) is 26.3 Å². The third-order valence-corrected chi connectivity index (χ3v) is 5.84. The highest BCUT2D eigenvalue weighted by atomic mass is 19.4. The first-order chi connectivity index (χ1) is 16.7. The molecule has 11 heteroatoms. The van der Waals surface area contributed by atoms with E-state index in [1.165, 1.54) is 24.3 Å². The van der Waals surface area contributed by atoms with E-state index >= 15 is 0 Å². The van der Waals surface area contributed by atoms with Crippen LogP contribution in [0.15, 0.2) is 47.0 Å². The third-order valence-electron chi connectivity index (χ3n) is 5.84. The van der Waals surface area contributed by atoms with Crippen LogP contribution in [0, 0.1) is 6.92 Å². The summed E-state index contributed by atoms with van der Waals surface area (Å²) in [4.78, 5) is 2.19. The molecular weight excluding hydrogens is 465 g/mol. The lowest BCUT2D eigenvalue weighted by molar-refractivity contribution is -0.274. The van der Waals surface area contributed by atoms with Gasteiger partial charge in [0, 0.05) is 35.6 Å². The molecule has 1 N–H and O–H groups in total. The van der Waals surface area contributed by atoms with Crippen LogP contribution in [0.25, 0.3) is 22.2 Å². The van der Waals surface area contributed by atoms with Crippen molar-refractivity contribution in [3.8, 4) is 23.1 Å². The van der Waals surface area contributed by atoms with Crippen molar-refractivity contribution in [2.45, 2.75) is 26.4 Å². The van der Waals surface area contributed by atoms with Crippen molar-refractivity contribution in [2.24, 2.45) is 0 Å². The number of halogens is 3. The number of morpholine rings is 1. The van der Waals surface area contributed by atoms with Crippen LogP contribution in [0.4, 0.5) is 13.2 Å². The number of aromatic hydroxyl groups is 1. The Morgan fingerprint density at radius 3 is 2.51 bits per heavy atom. The number of ether oxygens (including phenoxy) is 2. The topological polar surface area (TPSA) is 85.8 Å². The molecule has 2 aromatic heterocycles. The van der Waals surface area contributed by atoms with Gasteiger partial charge in [0.2, 0.25) is 11.8 Å². The molecule has 1 saturated heterocycles. The molecule has 0 unspecified atom stereocenters. The average molecular weight is 488 g/mol. The van der Waals surface area contributed by atoms with E-state index in [2.05, 4.69) is 19.8 Å². The standard InChI is InChI=1S/C24H23F3N4O4/c1-15-10-17(22-29-28-20(34-22)14-30-6-8-33-9-7-30)11-18-13-31(23(32)21(15)18)12-16-2-4-19(5-3-16)35-24(25,26)27/h2-5,10-11,13,32H,6-9,12,14H2,1H3. The normalized spacial score (nSPS) is 15.1. The molecule has 2 aromatic carbocycles. The van der Waals surface area contributed by atoms with Gasteiger partial charge >= 0.3 is 6.36 Å². The number of rotatable bonds is 6. The number of nitrogens with zero attached hydrogens (tertiary/aromatic N) is 4. The van der Waals surface area contributed by atoms with Crippen LogP contribution in [0.1, 0.15) is 17.0 Å². The van der Waals surface area contributed by atoms with Gasteiger partial charge in [-0.15, -0.1) is 23.4 Å². The van der Waals surface area contributed by atoms with Crippen molar-refractivity contribution in [1.29, 1.82) is 0 Å². The van der Waals surface area contributed by atoms with E-state index in [1.807, 2.05) is 19.1 Å². The molecule has 1 aliphatic rings. The molecule has 8 nitrogen and oxygen atoms in total. The summed E-state index contributed by atoms with van der Waals surface area (Å²) in [7, 11) is 0. The number of alkyl halides is 3. The monoisotopic (exact) mass is 488 g/mol. The second-order valence-electron chi connectivity index (χ2n) is 8.42. The first kappa shape index (κ1) is 23.2. The molecule has 0 saturated carbocycles. The van der Waals surface area contributed by atoms with Crippen LogP contribution in [0.5, 0.6) is 11.6 Å². The highest BCUT2D eigenvalue weighted by Gasteiger charge is 2.31. The molecule has 35 heavy (non-hydrogen) atoms. The van der Waals surface area contributed by atoms with Gasteiger partial charge in [-0.25, -0.2) is 0 Å². The summed E-state index contributed by atoms with van der Waals surface area (Å²) in [6.07, 6.45) is -2.96. The second kappa shape index (κ2) is 9.23. The molecule has 1 fully saturated rings. The highest BCUT2D eigenvalue weighted by molar-refractivity contribution is 5.93. The molecule has 3 heterocycles.